The second kappa shape index (κ2) is 10.1. The van der Waals surface area contributed by atoms with Gasteiger partial charge >= 0.3 is 0 Å². The van der Waals surface area contributed by atoms with Crippen molar-refractivity contribution in [1.82, 2.24) is 4.90 Å². The maximum absolute atomic E-state index is 12.5. The van der Waals surface area contributed by atoms with Crippen LogP contribution in [0.25, 0.3) is 0 Å². The van der Waals surface area contributed by atoms with E-state index < -0.39 is 17.7 Å². The van der Waals surface area contributed by atoms with E-state index in [0.717, 1.165) is 45.8 Å². The fourth-order valence-corrected chi connectivity index (χ4v) is 13.9. The predicted molar refractivity (Wildman–Crippen MR) is 171 cm³/mol. The fourth-order valence-electron chi connectivity index (χ4n) is 13.9. The molecule has 5 aliphatic carbocycles. The molecule has 14 atom stereocenters. The molecular formula is C37H62N2O6. The number of nitrogens with zero attached hydrogens (tertiary/aromatic N) is 1. The van der Waals surface area contributed by atoms with Crippen molar-refractivity contribution in [3.63, 3.8) is 0 Å². The van der Waals surface area contributed by atoms with Gasteiger partial charge in [-0.1, -0.05) is 34.6 Å². The third-order valence-corrected chi connectivity index (χ3v) is 16.5. The van der Waals surface area contributed by atoms with Gasteiger partial charge in [-0.05, 0) is 111 Å². The summed E-state index contributed by atoms with van der Waals surface area (Å²) in [6, 6.07) is 0.0497. The van der Waals surface area contributed by atoms with Gasteiger partial charge in [-0.3, -0.25) is 4.90 Å². The summed E-state index contributed by atoms with van der Waals surface area (Å²) in [4.78, 5) is 2.51. The maximum atomic E-state index is 12.5. The van der Waals surface area contributed by atoms with Crippen molar-refractivity contribution in [2.75, 3.05) is 32.9 Å². The Morgan fingerprint density at radius 3 is 2.40 bits per heavy atom. The summed E-state index contributed by atoms with van der Waals surface area (Å²) in [7, 11) is 0. The van der Waals surface area contributed by atoms with E-state index in [1.165, 1.54) is 38.5 Å². The molecule has 3 heterocycles. The maximum Gasteiger partial charge on any atom is 0.170 e. The predicted octanol–water partition coefficient (Wildman–Crippen LogP) is 4.34. The molecule has 0 aromatic carbocycles. The topological polar surface area (TPSA) is 107 Å². The molecule has 3 aliphatic heterocycles. The van der Waals surface area contributed by atoms with Crippen molar-refractivity contribution in [3.8, 4) is 0 Å². The van der Waals surface area contributed by atoms with Gasteiger partial charge in [0, 0.05) is 12.0 Å². The summed E-state index contributed by atoms with van der Waals surface area (Å²) in [5.41, 5.74) is 6.15. The van der Waals surface area contributed by atoms with Crippen molar-refractivity contribution >= 4 is 0 Å². The molecule has 45 heavy (non-hydrogen) atoms. The van der Waals surface area contributed by atoms with Crippen molar-refractivity contribution in [2.24, 2.45) is 56.5 Å². The largest absolute Gasteiger partial charge is 0.390 e. The number of nitrogens with two attached hydrogens (primary N) is 1. The van der Waals surface area contributed by atoms with Gasteiger partial charge < -0.3 is 34.9 Å². The Hall–Kier alpha value is -0.320. The van der Waals surface area contributed by atoms with Gasteiger partial charge in [-0.25, -0.2) is 0 Å². The number of hydrogen-bond donors (Lipinski definition) is 3. The molecule has 8 fully saturated rings. The first-order valence-corrected chi connectivity index (χ1v) is 18.5. The third kappa shape index (κ3) is 4.12. The Balaban J connectivity index is 1.03. The van der Waals surface area contributed by atoms with E-state index in [2.05, 4.69) is 39.5 Å². The minimum atomic E-state index is -1.02. The van der Waals surface area contributed by atoms with E-state index in [4.69, 9.17) is 24.7 Å². The lowest BCUT2D eigenvalue weighted by Crippen LogP contribution is -2.60. The van der Waals surface area contributed by atoms with Gasteiger partial charge in [0.05, 0.1) is 68.5 Å². The number of ether oxygens (including phenoxy) is 4. The second-order valence-corrected chi connectivity index (χ2v) is 18.8. The highest BCUT2D eigenvalue weighted by Gasteiger charge is 2.84. The summed E-state index contributed by atoms with van der Waals surface area (Å²) in [6.07, 6.45) is 8.44. The summed E-state index contributed by atoms with van der Waals surface area (Å²) in [5, 5.41) is 23.2. The summed E-state index contributed by atoms with van der Waals surface area (Å²) < 4.78 is 25.4. The van der Waals surface area contributed by atoms with Crippen LogP contribution in [0.4, 0.5) is 0 Å². The number of fused-ring (bicyclic) bond motifs is 4. The van der Waals surface area contributed by atoms with E-state index in [0.29, 0.717) is 40.5 Å². The number of morpholine rings is 1. The zero-order valence-electron chi connectivity index (χ0n) is 29.1. The highest BCUT2D eigenvalue weighted by atomic mass is 16.7. The van der Waals surface area contributed by atoms with E-state index in [1.807, 2.05) is 0 Å². The molecule has 2 unspecified atom stereocenters. The monoisotopic (exact) mass is 630 g/mol. The number of aliphatic hydroxyl groups excluding tert-OH is 1. The minimum absolute atomic E-state index is 0.0261. The lowest BCUT2D eigenvalue weighted by molar-refractivity contribution is -0.256. The van der Waals surface area contributed by atoms with Crippen LogP contribution in [0.3, 0.4) is 0 Å². The molecule has 0 aromatic heterocycles. The quantitative estimate of drug-likeness (QED) is 0.412. The van der Waals surface area contributed by atoms with Crippen molar-refractivity contribution in [1.29, 1.82) is 0 Å². The molecule has 8 heteroatoms. The smallest absolute Gasteiger partial charge is 0.170 e. The number of rotatable bonds is 5. The Labute approximate surface area is 271 Å². The fraction of sp³-hybridized carbons (Fsp3) is 1.00. The molecule has 0 aromatic rings. The highest BCUT2D eigenvalue weighted by molar-refractivity contribution is 5.33. The van der Waals surface area contributed by atoms with Gasteiger partial charge in [0.1, 0.15) is 0 Å². The van der Waals surface area contributed by atoms with Crippen LogP contribution >= 0.6 is 0 Å². The standard InChI is InChI=1S/C37H62N2O6/c1-21-16-23(30(38)33(4,5)41)44-29-28(21)34(6)12-13-37-20-36(37)11-10-26(45-27-17-39(14-15-43-27)22-18-42-19-22)32(2,3)24(36)8-9-25(37)35(34,7)31(29)40/h21-31,40-41H,8-20,38H2,1-7H3/t21-,23-,24+,25+,26?,27+,28+,29+,30+,31+,34-,35-,36?,37+/m1/s1. The van der Waals surface area contributed by atoms with Gasteiger partial charge in [-0.15, -0.1) is 0 Å². The summed E-state index contributed by atoms with van der Waals surface area (Å²) in [6.45, 7) is 20.1. The highest BCUT2D eigenvalue weighted by Crippen LogP contribution is 2.89. The molecule has 256 valence electrons. The van der Waals surface area contributed by atoms with E-state index >= 15 is 0 Å². The molecule has 8 rings (SSSR count). The van der Waals surface area contributed by atoms with Crippen LogP contribution < -0.4 is 5.73 Å². The number of aliphatic hydroxyl groups is 2. The molecule has 0 amide bonds. The normalized spacial score (nSPS) is 54.9. The van der Waals surface area contributed by atoms with Crippen molar-refractivity contribution < 1.29 is 29.2 Å². The van der Waals surface area contributed by atoms with Gasteiger partial charge in [-0.2, -0.15) is 0 Å². The van der Waals surface area contributed by atoms with Crippen LogP contribution in [0.1, 0.15) is 99.8 Å². The lowest BCUT2D eigenvalue weighted by Gasteiger charge is -2.64. The third-order valence-electron chi connectivity index (χ3n) is 16.5. The Morgan fingerprint density at radius 2 is 1.71 bits per heavy atom. The van der Waals surface area contributed by atoms with Crippen LogP contribution in [-0.2, 0) is 18.9 Å². The molecule has 0 bridgehead atoms. The molecule has 2 spiro atoms. The minimum Gasteiger partial charge on any atom is -0.390 e. The lowest BCUT2D eigenvalue weighted by atomic mass is 9.41. The van der Waals surface area contributed by atoms with Crippen molar-refractivity contribution in [2.45, 2.75) is 148 Å². The zero-order chi connectivity index (χ0) is 31.9. The van der Waals surface area contributed by atoms with Crippen LogP contribution in [0.15, 0.2) is 0 Å². The van der Waals surface area contributed by atoms with Gasteiger partial charge in [0.15, 0.2) is 6.29 Å². The average molecular weight is 631 g/mol. The van der Waals surface area contributed by atoms with Crippen LogP contribution in [-0.4, -0.2) is 96.4 Å². The molecule has 8 nitrogen and oxygen atoms in total. The Bertz CT molecular complexity index is 1170. The SMILES string of the molecule is C[C@@H]1C[C@H]([C@H](N)C(C)(C)O)O[C@H]2[C@H]1[C@@]1(C)CC[C@@]34CC35CCC(O[C@H]3CN(C6COC6)CCO3)C(C)(C)[C@@H]5CC[C@H]4[C@]1(C)[C@H]2O. The van der Waals surface area contributed by atoms with Crippen molar-refractivity contribution in [3.05, 3.63) is 0 Å². The van der Waals surface area contributed by atoms with Gasteiger partial charge in [0.25, 0.3) is 0 Å². The first kappa shape index (κ1) is 31.9. The molecular weight excluding hydrogens is 568 g/mol. The number of hydrogen-bond acceptors (Lipinski definition) is 8. The average Bonchev–Trinajstić information content (AvgIpc) is 3.57. The Morgan fingerprint density at radius 1 is 1.00 bits per heavy atom. The van der Waals surface area contributed by atoms with E-state index in [9.17, 15) is 10.2 Å². The molecule has 8 aliphatic rings. The summed E-state index contributed by atoms with van der Waals surface area (Å²) >= 11 is 0. The van der Waals surface area contributed by atoms with E-state index in [1.54, 1.807) is 13.8 Å². The first-order chi connectivity index (χ1) is 21.1. The first-order valence-electron chi connectivity index (χ1n) is 18.5. The zero-order valence-corrected chi connectivity index (χ0v) is 29.1. The Kier molecular flexibility index (Phi) is 7.18. The molecule has 4 N–H and O–H groups in total. The molecule has 3 saturated heterocycles. The van der Waals surface area contributed by atoms with Gasteiger partial charge in [0.2, 0.25) is 0 Å². The van der Waals surface area contributed by atoms with Crippen LogP contribution in [0.5, 0.6) is 0 Å². The second-order valence-electron chi connectivity index (χ2n) is 18.8. The molecule has 5 saturated carbocycles. The van der Waals surface area contributed by atoms with Crippen LogP contribution in [0.2, 0.25) is 0 Å². The summed E-state index contributed by atoms with van der Waals surface area (Å²) in [5.74, 6) is 1.85. The molecule has 0 radical (unpaired) electrons. The van der Waals surface area contributed by atoms with Crippen LogP contribution in [0, 0.1) is 50.7 Å². The van der Waals surface area contributed by atoms with E-state index in [-0.39, 0.29) is 40.8 Å².